The molecular formula is C21H16N4. The van der Waals surface area contributed by atoms with E-state index in [0.29, 0.717) is 0 Å². The molecule has 6 rings (SSSR count). The van der Waals surface area contributed by atoms with E-state index in [-0.39, 0.29) is 0 Å². The molecule has 0 radical (unpaired) electrons. The Morgan fingerprint density at radius 3 is 1.08 bits per heavy atom. The zero-order chi connectivity index (χ0) is 16.4. The summed E-state index contributed by atoms with van der Waals surface area (Å²) in [4.78, 5) is 0. The fourth-order valence-electron chi connectivity index (χ4n) is 4.09. The van der Waals surface area contributed by atoms with Crippen LogP contribution in [0.15, 0.2) is 72.8 Å². The molecule has 0 amide bonds. The zero-order valence-electron chi connectivity index (χ0n) is 13.4. The molecule has 120 valence electrons. The van der Waals surface area contributed by atoms with Gasteiger partial charge in [0.15, 0.2) is 0 Å². The molecule has 0 unspecified atom stereocenters. The van der Waals surface area contributed by atoms with Crippen molar-refractivity contribution in [3.63, 3.8) is 0 Å². The number of hydrogen-bond donors (Lipinski definition) is 4. The molecule has 4 aromatic carbocycles. The number of benzene rings is 4. The Bertz CT molecular complexity index is 987. The molecule has 4 heteroatoms. The van der Waals surface area contributed by atoms with Crippen molar-refractivity contribution < 1.29 is 0 Å². The van der Waals surface area contributed by atoms with Gasteiger partial charge < -0.3 is 21.3 Å². The summed E-state index contributed by atoms with van der Waals surface area (Å²) in [6.07, 6.45) is 0. The van der Waals surface area contributed by atoms with Crippen LogP contribution in [0.4, 0.5) is 22.7 Å². The topological polar surface area (TPSA) is 48.1 Å². The van der Waals surface area contributed by atoms with Crippen molar-refractivity contribution >= 4 is 44.3 Å². The summed E-state index contributed by atoms with van der Waals surface area (Å²) in [6.45, 7) is 0. The summed E-state index contributed by atoms with van der Waals surface area (Å²) < 4.78 is 0. The molecule has 2 aliphatic rings. The van der Waals surface area contributed by atoms with Crippen LogP contribution in [0.1, 0.15) is 0 Å². The first-order valence-electron chi connectivity index (χ1n) is 8.48. The minimum Gasteiger partial charge on any atom is -0.327 e. The van der Waals surface area contributed by atoms with Gasteiger partial charge in [0.2, 0.25) is 0 Å². The van der Waals surface area contributed by atoms with Gasteiger partial charge in [0.25, 0.3) is 5.91 Å². The highest BCUT2D eigenvalue weighted by atomic mass is 15.5. The van der Waals surface area contributed by atoms with Crippen LogP contribution in [0.25, 0.3) is 21.5 Å². The number of anilines is 4. The Kier molecular flexibility index (Phi) is 2.26. The van der Waals surface area contributed by atoms with Gasteiger partial charge in [-0.15, -0.1) is 0 Å². The molecule has 4 N–H and O–H groups in total. The van der Waals surface area contributed by atoms with E-state index >= 15 is 0 Å². The van der Waals surface area contributed by atoms with Crippen LogP contribution >= 0.6 is 0 Å². The van der Waals surface area contributed by atoms with Gasteiger partial charge >= 0.3 is 0 Å². The SMILES string of the molecule is c1cc2c3c(cccc3c1)NC1(N2)Nc2cccc3cccc(c23)N1. The van der Waals surface area contributed by atoms with Gasteiger partial charge in [-0.25, -0.2) is 0 Å². The zero-order valence-corrected chi connectivity index (χ0v) is 13.4. The molecule has 0 saturated heterocycles. The van der Waals surface area contributed by atoms with Gasteiger partial charge in [0.1, 0.15) is 0 Å². The molecule has 1 spiro atoms. The normalized spacial score (nSPS) is 16.0. The van der Waals surface area contributed by atoms with Crippen LogP contribution in [-0.4, -0.2) is 5.91 Å². The van der Waals surface area contributed by atoms with Crippen molar-refractivity contribution in [1.29, 1.82) is 0 Å². The summed E-state index contributed by atoms with van der Waals surface area (Å²) in [5.41, 5.74) is 4.44. The predicted octanol–water partition coefficient (Wildman–Crippen LogP) is 4.98. The quantitative estimate of drug-likeness (QED) is 0.368. The molecule has 4 nitrogen and oxygen atoms in total. The lowest BCUT2D eigenvalue weighted by Crippen LogP contribution is -2.61. The Morgan fingerprint density at radius 2 is 0.760 bits per heavy atom. The predicted molar refractivity (Wildman–Crippen MR) is 105 cm³/mol. The van der Waals surface area contributed by atoms with Gasteiger partial charge in [0.05, 0.1) is 0 Å². The molecule has 25 heavy (non-hydrogen) atoms. The van der Waals surface area contributed by atoms with Crippen LogP contribution in [0.5, 0.6) is 0 Å². The third kappa shape index (κ3) is 1.71. The molecule has 0 fully saturated rings. The maximum Gasteiger partial charge on any atom is 0.268 e. The molecular weight excluding hydrogens is 308 g/mol. The fraction of sp³-hybridized carbons (Fsp3) is 0.0476. The van der Waals surface area contributed by atoms with E-state index in [0.717, 1.165) is 22.7 Å². The monoisotopic (exact) mass is 324 g/mol. The molecule has 0 aliphatic carbocycles. The van der Waals surface area contributed by atoms with Gasteiger partial charge in [0, 0.05) is 33.5 Å². The van der Waals surface area contributed by atoms with E-state index < -0.39 is 5.91 Å². The molecule has 0 aromatic heterocycles. The van der Waals surface area contributed by atoms with Crippen molar-refractivity contribution in [2.45, 2.75) is 5.91 Å². The van der Waals surface area contributed by atoms with Crippen molar-refractivity contribution in [2.75, 3.05) is 21.3 Å². The molecule has 0 bridgehead atoms. The first-order valence-corrected chi connectivity index (χ1v) is 8.48. The van der Waals surface area contributed by atoms with E-state index in [4.69, 9.17) is 0 Å². The highest BCUT2D eigenvalue weighted by molar-refractivity contribution is 6.09. The first-order chi connectivity index (χ1) is 12.3. The minimum absolute atomic E-state index is 0.661. The van der Waals surface area contributed by atoms with Crippen molar-refractivity contribution in [3.05, 3.63) is 72.8 Å². The standard InChI is InChI=1S/C21H16N4/c1-5-13-6-2-10-16-19(13)15(9-1)22-21(23-16)24-17-11-3-7-14-8-4-12-18(25-21)20(14)17/h1-12,22-25H. The van der Waals surface area contributed by atoms with Gasteiger partial charge in [-0.2, -0.15) is 0 Å². The van der Waals surface area contributed by atoms with E-state index in [9.17, 15) is 0 Å². The lowest BCUT2D eigenvalue weighted by Gasteiger charge is -2.45. The lowest BCUT2D eigenvalue weighted by atomic mass is 10.0. The van der Waals surface area contributed by atoms with E-state index in [1.807, 2.05) is 0 Å². The number of nitrogens with one attached hydrogen (secondary N) is 4. The van der Waals surface area contributed by atoms with Crippen molar-refractivity contribution in [3.8, 4) is 0 Å². The molecule has 0 atom stereocenters. The molecule has 2 aliphatic heterocycles. The summed E-state index contributed by atoms with van der Waals surface area (Å²) in [5, 5.41) is 19.4. The maximum atomic E-state index is 3.63. The van der Waals surface area contributed by atoms with Crippen LogP contribution in [0, 0.1) is 0 Å². The second-order valence-corrected chi connectivity index (χ2v) is 6.67. The fourth-order valence-corrected chi connectivity index (χ4v) is 4.09. The summed E-state index contributed by atoms with van der Waals surface area (Å²) in [5.74, 6) is -0.661. The Labute approximate surface area is 144 Å². The third-order valence-electron chi connectivity index (χ3n) is 5.10. The minimum atomic E-state index is -0.661. The van der Waals surface area contributed by atoms with Crippen molar-refractivity contribution in [2.24, 2.45) is 0 Å². The second-order valence-electron chi connectivity index (χ2n) is 6.67. The van der Waals surface area contributed by atoms with Crippen molar-refractivity contribution in [1.82, 2.24) is 0 Å². The first kappa shape index (κ1) is 13.0. The third-order valence-corrected chi connectivity index (χ3v) is 5.10. The van der Waals surface area contributed by atoms with Crippen LogP contribution in [-0.2, 0) is 0 Å². The maximum absolute atomic E-state index is 3.63. The number of rotatable bonds is 0. The largest absolute Gasteiger partial charge is 0.327 e. The van der Waals surface area contributed by atoms with Crippen LogP contribution in [0.3, 0.4) is 0 Å². The smallest absolute Gasteiger partial charge is 0.268 e. The van der Waals surface area contributed by atoms with E-state index in [2.05, 4.69) is 94.1 Å². The Morgan fingerprint density at radius 1 is 0.440 bits per heavy atom. The molecule has 4 aromatic rings. The highest BCUT2D eigenvalue weighted by Crippen LogP contribution is 2.42. The highest BCUT2D eigenvalue weighted by Gasteiger charge is 2.38. The molecule has 2 heterocycles. The van der Waals surface area contributed by atoms with E-state index in [1.54, 1.807) is 0 Å². The summed E-state index contributed by atoms with van der Waals surface area (Å²) in [7, 11) is 0. The molecule has 0 saturated carbocycles. The Balaban J connectivity index is 1.55. The average Bonchev–Trinajstić information content (AvgIpc) is 2.62. The van der Waals surface area contributed by atoms with Crippen LogP contribution in [0.2, 0.25) is 0 Å². The number of hydrogen-bond acceptors (Lipinski definition) is 4. The van der Waals surface area contributed by atoms with Gasteiger partial charge in [-0.1, -0.05) is 48.5 Å². The second kappa shape index (κ2) is 4.36. The lowest BCUT2D eigenvalue weighted by molar-refractivity contribution is 0.682. The van der Waals surface area contributed by atoms with Gasteiger partial charge in [-0.05, 0) is 35.0 Å². The average molecular weight is 324 g/mol. The van der Waals surface area contributed by atoms with Crippen LogP contribution < -0.4 is 21.3 Å². The summed E-state index contributed by atoms with van der Waals surface area (Å²) in [6, 6.07) is 25.4. The van der Waals surface area contributed by atoms with Gasteiger partial charge in [-0.3, -0.25) is 0 Å². The van der Waals surface area contributed by atoms with E-state index in [1.165, 1.54) is 21.5 Å². The summed E-state index contributed by atoms with van der Waals surface area (Å²) >= 11 is 0. The Hall–Kier alpha value is -3.40.